The molecule has 32 heavy (non-hydrogen) atoms. The fraction of sp³-hybridized carbons (Fsp3) is 0.0769. The van der Waals surface area contributed by atoms with Crippen LogP contribution in [0, 0.1) is 6.92 Å². The first kappa shape index (κ1) is 21.5. The topological polar surface area (TPSA) is 54.0 Å². The molecule has 0 aliphatic carbocycles. The van der Waals surface area contributed by atoms with E-state index >= 15 is 0 Å². The maximum atomic E-state index is 12.4. The van der Waals surface area contributed by atoms with Crippen molar-refractivity contribution < 1.29 is 22.6 Å². The lowest BCUT2D eigenvalue weighted by Gasteiger charge is -2.09. The van der Waals surface area contributed by atoms with Crippen LogP contribution in [-0.4, -0.2) is 11.3 Å². The second-order valence-corrected chi connectivity index (χ2v) is 8.06. The zero-order valence-corrected chi connectivity index (χ0v) is 18.5. The zero-order chi connectivity index (χ0) is 22.3. The van der Waals surface area contributed by atoms with Gasteiger partial charge in [-0.3, -0.25) is 0 Å². The Balaban J connectivity index is 1.34. The molecule has 0 fully saturated rings. The first-order valence-electron chi connectivity index (χ1n) is 9.96. The van der Waals surface area contributed by atoms with Gasteiger partial charge in [0.25, 0.3) is 0 Å². The van der Waals surface area contributed by atoms with Crippen molar-refractivity contribution in [1.82, 2.24) is 0 Å². The van der Waals surface area contributed by atoms with Gasteiger partial charge >= 0.3 is 0 Å². The summed E-state index contributed by atoms with van der Waals surface area (Å²) < 4.78 is 34.8. The first-order chi connectivity index (χ1) is 15.6. The third-order valence-electron chi connectivity index (χ3n) is 4.56. The van der Waals surface area contributed by atoms with Crippen molar-refractivity contribution in [2.24, 2.45) is 0 Å². The van der Waals surface area contributed by atoms with Gasteiger partial charge in [0, 0.05) is 0 Å². The minimum atomic E-state index is -1.60. The van der Waals surface area contributed by atoms with E-state index in [0.29, 0.717) is 27.9 Å². The predicted molar refractivity (Wildman–Crippen MR) is 124 cm³/mol. The van der Waals surface area contributed by atoms with Crippen LogP contribution in [0.3, 0.4) is 0 Å². The highest BCUT2D eigenvalue weighted by molar-refractivity contribution is 7.80. The molecule has 0 saturated heterocycles. The van der Waals surface area contributed by atoms with Crippen LogP contribution in [0.4, 0.5) is 0 Å². The molecule has 4 aromatic rings. The number of hydrogen-bond donors (Lipinski definition) is 0. The molecule has 0 saturated carbocycles. The van der Waals surface area contributed by atoms with E-state index < -0.39 is 11.1 Å². The molecular formula is C26H22O5S. The summed E-state index contributed by atoms with van der Waals surface area (Å²) >= 11 is -1.60. The van der Waals surface area contributed by atoms with Crippen molar-refractivity contribution in [3.63, 3.8) is 0 Å². The van der Waals surface area contributed by atoms with Crippen LogP contribution in [0.1, 0.15) is 5.56 Å². The van der Waals surface area contributed by atoms with Gasteiger partial charge in [0.2, 0.25) is 11.1 Å². The largest absolute Gasteiger partial charge is 0.497 e. The monoisotopic (exact) mass is 446 g/mol. The van der Waals surface area contributed by atoms with Gasteiger partial charge in [-0.2, -0.15) is 0 Å². The Bertz CT molecular complexity index is 1170. The summed E-state index contributed by atoms with van der Waals surface area (Å²) in [6.07, 6.45) is 0. The highest BCUT2D eigenvalue weighted by Gasteiger charge is 2.08. The maximum absolute atomic E-state index is 12.4. The second kappa shape index (κ2) is 10.0. The van der Waals surface area contributed by atoms with Crippen molar-refractivity contribution in [3.8, 4) is 34.5 Å². The van der Waals surface area contributed by atoms with Crippen molar-refractivity contribution in [1.29, 1.82) is 0 Å². The minimum Gasteiger partial charge on any atom is -0.497 e. The lowest BCUT2D eigenvalue weighted by molar-refractivity contribution is 0.413. The van der Waals surface area contributed by atoms with E-state index in [4.69, 9.17) is 18.4 Å². The molecular weight excluding hydrogens is 424 g/mol. The Morgan fingerprint density at radius 1 is 0.531 bits per heavy atom. The Morgan fingerprint density at radius 2 is 0.906 bits per heavy atom. The van der Waals surface area contributed by atoms with Gasteiger partial charge < -0.3 is 18.4 Å². The van der Waals surface area contributed by atoms with Crippen molar-refractivity contribution in [3.05, 3.63) is 103 Å². The molecule has 0 aromatic heterocycles. The van der Waals surface area contributed by atoms with E-state index in [9.17, 15) is 4.21 Å². The number of rotatable bonds is 8. The van der Waals surface area contributed by atoms with Crippen LogP contribution in [0.15, 0.2) is 102 Å². The van der Waals surface area contributed by atoms with Crippen LogP contribution in [0.2, 0.25) is 0 Å². The molecule has 0 amide bonds. The zero-order valence-electron chi connectivity index (χ0n) is 17.7. The molecule has 0 aliphatic rings. The average Bonchev–Trinajstić information content (AvgIpc) is 2.83. The quantitative estimate of drug-likeness (QED) is 0.302. The van der Waals surface area contributed by atoms with Crippen LogP contribution in [-0.2, 0) is 11.1 Å². The standard InChI is InChI=1S/C26H22O5S/c1-19-3-5-25(6-4-19)31-32(27)26-17-15-24(16-18-26)30-23-13-11-22(12-14-23)29-21-9-7-20(28-2)8-10-21/h3-18H,1-2H3. The van der Waals surface area contributed by atoms with E-state index in [2.05, 4.69) is 0 Å². The highest BCUT2D eigenvalue weighted by Crippen LogP contribution is 2.28. The normalized spacial score (nSPS) is 11.4. The lowest BCUT2D eigenvalue weighted by atomic mass is 10.2. The molecule has 5 nitrogen and oxygen atoms in total. The van der Waals surface area contributed by atoms with E-state index in [1.807, 2.05) is 67.6 Å². The smallest absolute Gasteiger partial charge is 0.240 e. The SMILES string of the molecule is COc1ccc(Oc2ccc(Oc3ccc(S(=O)Oc4ccc(C)cc4)cc3)cc2)cc1. The van der Waals surface area contributed by atoms with Gasteiger partial charge in [0.05, 0.1) is 12.0 Å². The van der Waals surface area contributed by atoms with Crippen LogP contribution >= 0.6 is 0 Å². The van der Waals surface area contributed by atoms with Crippen molar-refractivity contribution >= 4 is 11.1 Å². The Labute approximate surface area is 189 Å². The van der Waals surface area contributed by atoms with Gasteiger partial charge in [-0.05, 0) is 91.9 Å². The third kappa shape index (κ3) is 5.68. The second-order valence-electron chi connectivity index (χ2n) is 6.95. The van der Waals surface area contributed by atoms with Crippen LogP contribution < -0.4 is 18.4 Å². The van der Waals surface area contributed by atoms with Gasteiger partial charge in [-0.15, -0.1) is 0 Å². The number of methoxy groups -OCH3 is 1. The molecule has 0 spiro atoms. The summed E-state index contributed by atoms with van der Waals surface area (Å²) in [5.74, 6) is 4.04. The molecule has 4 rings (SSSR count). The Hall–Kier alpha value is -3.77. The Morgan fingerprint density at radius 3 is 1.34 bits per heavy atom. The number of benzene rings is 4. The molecule has 1 atom stereocenters. The summed E-state index contributed by atoms with van der Waals surface area (Å²) in [6.45, 7) is 1.99. The highest BCUT2D eigenvalue weighted by atomic mass is 32.2. The fourth-order valence-electron chi connectivity index (χ4n) is 2.84. The van der Waals surface area contributed by atoms with Gasteiger partial charge in [0.1, 0.15) is 34.5 Å². The van der Waals surface area contributed by atoms with E-state index in [1.165, 1.54) is 0 Å². The number of hydrogen-bond acceptors (Lipinski definition) is 5. The molecule has 0 N–H and O–H groups in total. The van der Waals surface area contributed by atoms with E-state index in [1.54, 1.807) is 43.5 Å². The summed E-state index contributed by atoms with van der Waals surface area (Å²) in [6, 6.07) is 29.1. The molecule has 1 unspecified atom stereocenters. The summed E-state index contributed by atoms with van der Waals surface area (Å²) in [5.41, 5.74) is 1.12. The summed E-state index contributed by atoms with van der Waals surface area (Å²) in [4.78, 5) is 0.557. The van der Waals surface area contributed by atoms with Gasteiger partial charge in [0.15, 0.2) is 0 Å². The molecule has 0 aliphatic heterocycles. The van der Waals surface area contributed by atoms with Gasteiger partial charge in [-0.1, -0.05) is 17.7 Å². The van der Waals surface area contributed by atoms with E-state index in [-0.39, 0.29) is 0 Å². The van der Waals surface area contributed by atoms with Crippen LogP contribution in [0.25, 0.3) is 0 Å². The number of ether oxygens (including phenoxy) is 3. The summed E-state index contributed by atoms with van der Waals surface area (Å²) in [7, 11) is 1.63. The molecule has 0 heterocycles. The predicted octanol–water partition coefficient (Wildman–Crippen LogP) is 6.69. The minimum absolute atomic E-state index is 0.557. The van der Waals surface area contributed by atoms with Gasteiger partial charge in [-0.25, -0.2) is 4.21 Å². The van der Waals surface area contributed by atoms with Crippen molar-refractivity contribution in [2.75, 3.05) is 7.11 Å². The third-order valence-corrected chi connectivity index (χ3v) is 5.56. The molecule has 0 bridgehead atoms. The van der Waals surface area contributed by atoms with E-state index in [0.717, 1.165) is 17.1 Å². The molecule has 4 aromatic carbocycles. The van der Waals surface area contributed by atoms with Crippen molar-refractivity contribution in [2.45, 2.75) is 11.8 Å². The fourth-order valence-corrected chi connectivity index (χ4v) is 3.58. The molecule has 0 radical (unpaired) electrons. The summed E-state index contributed by atoms with van der Waals surface area (Å²) in [5, 5.41) is 0. The molecule has 6 heteroatoms. The number of aryl methyl sites for hydroxylation is 1. The molecule has 162 valence electrons. The Kier molecular flexibility index (Phi) is 6.72. The first-order valence-corrected chi connectivity index (χ1v) is 11.0. The maximum Gasteiger partial charge on any atom is 0.240 e. The average molecular weight is 447 g/mol. The lowest BCUT2D eigenvalue weighted by Crippen LogP contribution is -2.00. The van der Waals surface area contributed by atoms with Crippen LogP contribution in [0.5, 0.6) is 34.5 Å².